The van der Waals surface area contributed by atoms with Crippen LogP contribution in [0.1, 0.15) is 28.4 Å². The molecule has 31 heavy (non-hydrogen) atoms. The van der Waals surface area contributed by atoms with Crippen LogP contribution in [0.2, 0.25) is 0 Å². The van der Waals surface area contributed by atoms with Crippen LogP contribution >= 0.6 is 0 Å². The molecule has 0 unspecified atom stereocenters. The zero-order chi connectivity index (χ0) is 21.8. The van der Waals surface area contributed by atoms with Gasteiger partial charge in [0.25, 0.3) is 0 Å². The maximum atomic E-state index is 12.9. The Labute approximate surface area is 176 Å². The summed E-state index contributed by atoms with van der Waals surface area (Å²) in [7, 11) is 1.93. The van der Waals surface area contributed by atoms with Gasteiger partial charge >= 0.3 is 6.18 Å². The Balaban J connectivity index is 1.37. The fourth-order valence-corrected chi connectivity index (χ4v) is 3.28. The average molecular weight is 427 g/mol. The zero-order valence-corrected chi connectivity index (χ0v) is 16.8. The second-order valence-corrected chi connectivity index (χ2v) is 7.27. The molecule has 0 aliphatic heterocycles. The lowest BCUT2D eigenvalue weighted by atomic mass is 10.1. The molecule has 160 valence electrons. The fourth-order valence-electron chi connectivity index (χ4n) is 3.28. The van der Waals surface area contributed by atoms with Gasteiger partial charge < -0.3 is 4.52 Å². The van der Waals surface area contributed by atoms with E-state index in [0.29, 0.717) is 30.4 Å². The van der Waals surface area contributed by atoms with E-state index < -0.39 is 11.7 Å². The molecule has 2 heterocycles. The first-order valence-electron chi connectivity index (χ1n) is 9.62. The van der Waals surface area contributed by atoms with Crippen molar-refractivity contribution in [3.05, 3.63) is 95.4 Å². The summed E-state index contributed by atoms with van der Waals surface area (Å²) in [4.78, 5) is 6.34. The first-order valence-corrected chi connectivity index (χ1v) is 9.62. The SMILES string of the molecule is CN(Cc1cccc(-n2cccn2)c1)Cc1nc(Cc2cccc(C(F)(F)F)c2)no1. The van der Waals surface area contributed by atoms with E-state index in [2.05, 4.69) is 21.3 Å². The molecule has 9 heteroatoms. The highest BCUT2D eigenvalue weighted by Crippen LogP contribution is 2.29. The summed E-state index contributed by atoms with van der Waals surface area (Å²) in [5.74, 6) is 0.760. The lowest BCUT2D eigenvalue weighted by Crippen LogP contribution is -2.17. The van der Waals surface area contributed by atoms with Gasteiger partial charge in [-0.3, -0.25) is 4.90 Å². The molecule has 0 radical (unpaired) electrons. The molecule has 4 rings (SSSR count). The van der Waals surface area contributed by atoms with E-state index in [0.717, 1.165) is 23.4 Å². The van der Waals surface area contributed by atoms with Crippen LogP contribution in [0.4, 0.5) is 13.2 Å². The fraction of sp³-hybridized carbons (Fsp3) is 0.227. The number of halogens is 3. The zero-order valence-electron chi connectivity index (χ0n) is 16.8. The molecule has 0 atom stereocenters. The summed E-state index contributed by atoms with van der Waals surface area (Å²) in [6.07, 6.45) is -0.600. The van der Waals surface area contributed by atoms with Gasteiger partial charge in [-0.1, -0.05) is 35.5 Å². The molecule has 0 spiro atoms. The number of benzene rings is 2. The third kappa shape index (κ3) is 5.37. The quantitative estimate of drug-likeness (QED) is 0.435. The van der Waals surface area contributed by atoms with E-state index >= 15 is 0 Å². The summed E-state index contributed by atoms with van der Waals surface area (Å²) in [5.41, 5.74) is 1.85. The Kier molecular flexibility index (Phi) is 5.85. The van der Waals surface area contributed by atoms with Crippen LogP contribution in [0, 0.1) is 0 Å². The lowest BCUT2D eigenvalue weighted by Gasteiger charge is -2.14. The molecule has 0 fully saturated rings. The van der Waals surface area contributed by atoms with Crippen LogP contribution in [0.25, 0.3) is 5.69 Å². The number of nitrogens with zero attached hydrogens (tertiary/aromatic N) is 5. The van der Waals surface area contributed by atoms with Gasteiger partial charge in [-0.05, 0) is 42.4 Å². The van der Waals surface area contributed by atoms with Crippen LogP contribution in [-0.2, 0) is 25.7 Å². The largest absolute Gasteiger partial charge is 0.416 e. The predicted molar refractivity (Wildman–Crippen MR) is 107 cm³/mol. The van der Waals surface area contributed by atoms with Gasteiger partial charge in [0.05, 0.1) is 17.8 Å². The smallest absolute Gasteiger partial charge is 0.338 e. The topological polar surface area (TPSA) is 60.0 Å². The summed E-state index contributed by atoms with van der Waals surface area (Å²) in [6, 6.07) is 15.0. The minimum atomic E-state index is -4.38. The molecule has 2 aromatic carbocycles. The van der Waals surface area contributed by atoms with Crippen LogP contribution in [0.3, 0.4) is 0 Å². The number of hydrogen-bond acceptors (Lipinski definition) is 5. The highest BCUT2D eigenvalue weighted by molar-refractivity contribution is 5.35. The van der Waals surface area contributed by atoms with Crippen molar-refractivity contribution in [2.75, 3.05) is 7.05 Å². The maximum Gasteiger partial charge on any atom is 0.416 e. The van der Waals surface area contributed by atoms with Gasteiger partial charge in [-0.25, -0.2) is 4.68 Å². The van der Waals surface area contributed by atoms with Crippen LogP contribution in [0.15, 0.2) is 71.5 Å². The molecule has 0 aliphatic rings. The summed E-state index contributed by atoms with van der Waals surface area (Å²) in [5, 5.41) is 8.14. The third-order valence-corrected chi connectivity index (χ3v) is 4.66. The molecule has 0 bridgehead atoms. The van der Waals surface area contributed by atoms with E-state index in [1.54, 1.807) is 16.9 Å². The van der Waals surface area contributed by atoms with Crippen molar-refractivity contribution in [1.82, 2.24) is 24.8 Å². The van der Waals surface area contributed by atoms with Crippen molar-refractivity contribution in [3.63, 3.8) is 0 Å². The first kappa shape index (κ1) is 20.8. The number of aromatic nitrogens is 4. The molecule has 0 amide bonds. The number of alkyl halides is 3. The van der Waals surface area contributed by atoms with E-state index in [-0.39, 0.29) is 6.42 Å². The molecular formula is C22H20F3N5O. The van der Waals surface area contributed by atoms with E-state index in [4.69, 9.17) is 4.52 Å². The van der Waals surface area contributed by atoms with Crippen molar-refractivity contribution >= 4 is 0 Å². The van der Waals surface area contributed by atoms with Gasteiger partial charge in [0.15, 0.2) is 5.82 Å². The molecule has 0 aliphatic carbocycles. The van der Waals surface area contributed by atoms with E-state index in [1.165, 1.54) is 6.07 Å². The Morgan fingerprint density at radius 3 is 2.58 bits per heavy atom. The Hall–Kier alpha value is -3.46. The van der Waals surface area contributed by atoms with Gasteiger partial charge in [0.2, 0.25) is 5.89 Å². The molecule has 0 N–H and O–H groups in total. The Morgan fingerprint density at radius 1 is 1.00 bits per heavy atom. The van der Waals surface area contributed by atoms with Gasteiger partial charge in [-0.15, -0.1) is 0 Å². The van der Waals surface area contributed by atoms with Crippen LogP contribution in [-0.4, -0.2) is 31.9 Å². The monoisotopic (exact) mass is 427 g/mol. The van der Waals surface area contributed by atoms with Gasteiger partial charge in [0, 0.05) is 25.4 Å². The summed E-state index contributed by atoms with van der Waals surface area (Å²) >= 11 is 0. The van der Waals surface area contributed by atoms with E-state index in [1.807, 2.05) is 42.4 Å². The second kappa shape index (κ2) is 8.73. The van der Waals surface area contributed by atoms with Crippen LogP contribution < -0.4 is 0 Å². The predicted octanol–water partition coefficient (Wildman–Crippen LogP) is 4.50. The van der Waals surface area contributed by atoms with Gasteiger partial charge in [0.1, 0.15) is 0 Å². The Bertz CT molecular complexity index is 1140. The summed E-state index contributed by atoms with van der Waals surface area (Å²) in [6.45, 7) is 1.07. The highest BCUT2D eigenvalue weighted by Gasteiger charge is 2.30. The maximum absolute atomic E-state index is 12.9. The minimum absolute atomic E-state index is 0.170. The highest BCUT2D eigenvalue weighted by atomic mass is 19.4. The van der Waals surface area contributed by atoms with E-state index in [9.17, 15) is 13.2 Å². The second-order valence-electron chi connectivity index (χ2n) is 7.27. The van der Waals surface area contributed by atoms with Crippen molar-refractivity contribution in [3.8, 4) is 5.69 Å². The van der Waals surface area contributed by atoms with Crippen molar-refractivity contribution < 1.29 is 17.7 Å². The normalized spacial score (nSPS) is 11.9. The Morgan fingerprint density at radius 2 is 1.81 bits per heavy atom. The minimum Gasteiger partial charge on any atom is -0.338 e. The molecule has 6 nitrogen and oxygen atoms in total. The van der Waals surface area contributed by atoms with Crippen LogP contribution in [0.5, 0.6) is 0 Å². The number of hydrogen-bond donors (Lipinski definition) is 0. The molecule has 2 aromatic heterocycles. The van der Waals surface area contributed by atoms with Gasteiger partial charge in [-0.2, -0.15) is 23.3 Å². The molecule has 0 saturated heterocycles. The van der Waals surface area contributed by atoms with Crippen molar-refractivity contribution in [2.45, 2.75) is 25.7 Å². The number of rotatable bonds is 7. The molecule has 0 saturated carbocycles. The lowest BCUT2D eigenvalue weighted by molar-refractivity contribution is -0.137. The third-order valence-electron chi connectivity index (χ3n) is 4.66. The summed E-state index contributed by atoms with van der Waals surface area (Å²) < 4.78 is 45.7. The molecular weight excluding hydrogens is 407 g/mol. The average Bonchev–Trinajstić information content (AvgIpc) is 3.40. The van der Waals surface area contributed by atoms with Crippen molar-refractivity contribution in [1.29, 1.82) is 0 Å². The first-order chi connectivity index (χ1) is 14.9. The molecule has 4 aromatic rings. The standard InChI is InChI=1S/C22H20F3N5O/c1-29(14-17-6-3-8-19(12-17)30-10-4-9-26-30)15-21-27-20(28-31-21)13-16-5-2-7-18(11-16)22(23,24)25/h2-12H,13-15H2,1H3. The van der Waals surface area contributed by atoms with Crippen molar-refractivity contribution in [2.24, 2.45) is 0 Å².